The van der Waals surface area contributed by atoms with E-state index in [4.69, 9.17) is 0 Å². The molecule has 0 bridgehead atoms. The maximum Gasteiger partial charge on any atom is 0.115 e. The predicted molar refractivity (Wildman–Crippen MR) is 70.9 cm³/mol. The highest BCUT2D eigenvalue weighted by molar-refractivity contribution is 5.53. The molecule has 0 radical (unpaired) electrons. The van der Waals surface area contributed by atoms with Crippen molar-refractivity contribution in [3.05, 3.63) is 47.5 Å². The van der Waals surface area contributed by atoms with E-state index in [9.17, 15) is 0 Å². The minimum Gasteiger partial charge on any atom is -0.361 e. The van der Waals surface area contributed by atoms with Crippen LogP contribution in [0.25, 0.3) is 0 Å². The van der Waals surface area contributed by atoms with E-state index in [-0.39, 0.29) is 5.66 Å². The quantitative estimate of drug-likeness (QED) is 0.683. The molecule has 0 aromatic carbocycles. The van der Waals surface area contributed by atoms with E-state index in [1.54, 1.807) is 0 Å². The standard InChI is InChI=1S/C15H20N2/c1-10-9-11(2)14-12(3)16-15(7-5-6-8-15)17(14)13(10)4/h9,16H,3-8H2,1-2H3. The van der Waals surface area contributed by atoms with Gasteiger partial charge >= 0.3 is 0 Å². The fraction of sp³-hybridized carbons (Fsp3) is 0.467. The van der Waals surface area contributed by atoms with E-state index in [2.05, 4.69) is 43.3 Å². The average molecular weight is 228 g/mol. The molecule has 0 amide bonds. The fourth-order valence-corrected chi connectivity index (χ4v) is 3.51. The Morgan fingerprint density at radius 1 is 1.24 bits per heavy atom. The minimum atomic E-state index is 0.0697. The molecule has 17 heavy (non-hydrogen) atoms. The van der Waals surface area contributed by atoms with Crippen molar-refractivity contribution in [3.8, 4) is 0 Å². The van der Waals surface area contributed by atoms with Gasteiger partial charge in [0.25, 0.3) is 0 Å². The third-order valence-electron chi connectivity index (χ3n) is 4.28. The fourth-order valence-electron chi connectivity index (χ4n) is 3.51. The summed E-state index contributed by atoms with van der Waals surface area (Å²) in [5.41, 5.74) is 6.10. The van der Waals surface area contributed by atoms with Gasteiger partial charge in [0.05, 0.1) is 11.4 Å². The zero-order chi connectivity index (χ0) is 12.2. The first-order valence-corrected chi connectivity index (χ1v) is 6.41. The van der Waals surface area contributed by atoms with Crippen molar-refractivity contribution in [2.24, 2.45) is 0 Å². The summed E-state index contributed by atoms with van der Waals surface area (Å²) in [5, 5.41) is 3.63. The summed E-state index contributed by atoms with van der Waals surface area (Å²) in [7, 11) is 0. The highest BCUT2D eigenvalue weighted by Crippen LogP contribution is 2.48. The molecule has 3 aliphatic rings. The highest BCUT2D eigenvalue weighted by Gasteiger charge is 2.49. The molecule has 2 aliphatic heterocycles. The topological polar surface area (TPSA) is 15.3 Å². The maximum atomic E-state index is 4.27. The Kier molecular flexibility index (Phi) is 2.07. The maximum absolute atomic E-state index is 4.27. The van der Waals surface area contributed by atoms with Crippen molar-refractivity contribution in [1.82, 2.24) is 10.2 Å². The summed E-state index contributed by atoms with van der Waals surface area (Å²) in [6.07, 6.45) is 7.18. The van der Waals surface area contributed by atoms with E-state index >= 15 is 0 Å². The SMILES string of the molecule is C=C1NC2(CCCC2)N2C(=C)C(C)=CC(C)=C12. The molecule has 2 heteroatoms. The molecule has 3 rings (SSSR count). The summed E-state index contributed by atoms with van der Waals surface area (Å²) in [6, 6.07) is 0. The van der Waals surface area contributed by atoms with Crippen molar-refractivity contribution < 1.29 is 0 Å². The van der Waals surface area contributed by atoms with Gasteiger partial charge in [0.2, 0.25) is 0 Å². The zero-order valence-electron chi connectivity index (χ0n) is 10.8. The summed E-state index contributed by atoms with van der Waals surface area (Å²) < 4.78 is 0. The largest absolute Gasteiger partial charge is 0.361 e. The Morgan fingerprint density at radius 2 is 1.88 bits per heavy atom. The first-order chi connectivity index (χ1) is 8.05. The first-order valence-electron chi connectivity index (χ1n) is 6.41. The van der Waals surface area contributed by atoms with Crippen molar-refractivity contribution in [1.29, 1.82) is 0 Å². The van der Waals surface area contributed by atoms with E-state index in [1.165, 1.54) is 42.5 Å². The number of hydrogen-bond acceptors (Lipinski definition) is 2. The Morgan fingerprint density at radius 3 is 2.53 bits per heavy atom. The lowest BCUT2D eigenvalue weighted by Gasteiger charge is -2.40. The summed E-state index contributed by atoms with van der Waals surface area (Å²) in [5.74, 6) is 0. The summed E-state index contributed by atoms with van der Waals surface area (Å²) >= 11 is 0. The molecule has 0 aromatic heterocycles. The third-order valence-corrected chi connectivity index (χ3v) is 4.28. The Balaban J connectivity index is 2.15. The molecule has 0 aromatic rings. The normalized spacial score (nSPS) is 26.5. The van der Waals surface area contributed by atoms with Gasteiger partial charge in [-0.25, -0.2) is 0 Å². The van der Waals surface area contributed by atoms with Gasteiger partial charge in [-0.05, 0) is 50.7 Å². The molecule has 1 N–H and O–H groups in total. The lowest BCUT2D eigenvalue weighted by atomic mass is 9.99. The third kappa shape index (κ3) is 1.27. The van der Waals surface area contributed by atoms with Gasteiger partial charge in [-0.3, -0.25) is 0 Å². The minimum absolute atomic E-state index is 0.0697. The molecule has 90 valence electrons. The average Bonchev–Trinajstić information content (AvgIpc) is 2.82. The van der Waals surface area contributed by atoms with E-state index < -0.39 is 0 Å². The molecule has 1 saturated carbocycles. The van der Waals surface area contributed by atoms with Gasteiger partial charge in [-0.1, -0.05) is 19.2 Å². The molecule has 2 heterocycles. The second-order valence-corrected chi connectivity index (χ2v) is 5.48. The van der Waals surface area contributed by atoms with Crippen LogP contribution in [0, 0.1) is 0 Å². The van der Waals surface area contributed by atoms with Gasteiger partial charge < -0.3 is 10.2 Å². The summed E-state index contributed by atoms with van der Waals surface area (Å²) in [4.78, 5) is 2.41. The van der Waals surface area contributed by atoms with Gasteiger partial charge in [-0.15, -0.1) is 0 Å². The van der Waals surface area contributed by atoms with E-state index in [0.29, 0.717) is 0 Å². The monoisotopic (exact) mass is 228 g/mol. The van der Waals surface area contributed by atoms with Crippen LogP contribution < -0.4 is 5.32 Å². The van der Waals surface area contributed by atoms with Crippen LogP contribution in [0.15, 0.2) is 47.5 Å². The lowest BCUT2D eigenvalue weighted by Crippen LogP contribution is -2.48. The first kappa shape index (κ1) is 10.7. The highest BCUT2D eigenvalue weighted by atomic mass is 15.4. The molecule has 2 nitrogen and oxygen atoms in total. The van der Waals surface area contributed by atoms with Gasteiger partial charge in [0.1, 0.15) is 5.66 Å². The van der Waals surface area contributed by atoms with E-state index in [1.807, 2.05) is 0 Å². The molecule has 2 fully saturated rings. The molecule has 1 spiro atoms. The van der Waals surface area contributed by atoms with Crippen molar-refractivity contribution in [2.75, 3.05) is 0 Å². The Hall–Kier alpha value is -1.44. The summed E-state index contributed by atoms with van der Waals surface area (Å²) in [6.45, 7) is 12.8. The van der Waals surface area contributed by atoms with Crippen LogP contribution in [0.3, 0.4) is 0 Å². The van der Waals surface area contributed by atoms with E-state index in [0.717, 1.165) is 11.4 Å². The van der Waals surface area contributed by atoms with Crippen LogP contribution in [-0.2, 0) is 0 Å². The molecule has 1 saturated heterocycles. The van der Waals surface area contributed by atoms with Crippen LogP contribution in [0.5, 0.6) is 0 Å². The van der Waals surface area contributed by atoms with Gasteiger partial charge in [0, 0.05) is 5.70 Å². The predicted octanol–water partition coefficient (Wildman–Crippen LogP) is 3.42. The van der Waals surface area contributed by atoms with Crippen molar-refractivity contribution in [3.63, 3.8) is 0 Å². The van der Waals surface area contributed by atoms with Crippen LogP contribution in [0.2, 0.25) is 0 Å². The van der Waals surface area contributed by atoms with Crippen LogP contribution >= 0.6 is 0 Å². The second kappa shape index (κ2) is 3.28. The Labute approximate surface area is 103 Å². The molecule has 0 unspecified atom stereocenters. The number of allylic oxidation sites excluding steroid dienone is 3. The number of nitrogens with one attached hydrogen (secondary N) is 1. The zero-order valence-corrected chi connectivity index (χ0v) is 10.8. The van der Waals surface area contributed by atoms with Crippen molar-refractivity contribution >= 4 is 0 Å². The van der Waals surface area contributed by atoms with Crippen LogP contribution in [0.4, 0.5) is 0 Å². The Bertz CT molecular complexity index is 473. The van der Waals surface area contributed by atoms with Crippen LogP contribution in [-0.4, -0.2) is 10.6 Å². The molecule has 0 atom stereocenters. The molecular weight excluding hydrogens is 208 g/mol. The lowest BCUT2D eigenvalue weighted by molar-refractivity contribution is 0.190. The number of fused-ring (bicyclic) bond motifs is 2. The van der Waals surface area contributed by atoms with Crippen LogP contribution in [0.1, 0.15) is 39.5 Å². The number of nitrogens with zero attached hydrogens (tertiary/aromatic N) is 1. The second-order valence-electron chi connectivity index (χ2n) is 5.48. The number of rotatable bonds is 0. The molecular formula is C15H20N2. The smallest absolute Gasteiger partial charge is 0.115 e. The van der Waals surface area contributed by atoms with Gasteiger partial charge in [0.15, 0.2) is 0 Å². The molecule has 1 aliphatic carbocycles. The van der Waals surface area contributed by atoms with Gasteiger partial charge in [-0.2, -0.15) is 0 Å². The number of hydrogen-bond donors (Lipinski definition) is 1. The van der Waals surface area contributed by atoms with Crippen molar-refractivity contribution in [2.45, 2.75) is 45.2 Å².